The maximum Gasteiger partial charge on any atom is 0.378 e. The van der Waals surface area contributed by atoms with Gasteiger partial charge in [-0.15, -0.1) is 0 Å². The second-order valence-corrected chi connectivity index (χ2v) is 8.66. The molecule has 2 aliphatic carbocycles. The van der Waals surface area contributed by atoms with Crippen LogP contribution in [0.3, 0.4) is 0 Å². The van der Waals surface area contributed by atoms with E-state index in [1.807, 2.05) is 5.48 Å². The van der Waals surface area contributed by atoms with Crippen molar-refractivity contribution in [2.24, 2.45) is 17.1 Å². The number of primary amides is 1. The molecule has 0 saturated heterocycles. The van der Waals surface area contributed by atoms with E-state index in [9.17, 15) is 18.4 Å². The number of amides is 2. The fourth-order valence-electron chi connectivity index (χ4n) is 4.74. The summed E-state index contributed by atoms with van der Waals surface area (Å²) in [6.45, 7) is 0. The van der Waals surface area contributed by atoms with Gasteiger partial charge in [-0.25, -0.2) is 19.8 Å². The highest BCUT2D eigenvalue weighted by Crippen LogP contribution is 2.62. The molecule has 33 heavy (non-hydrogen) atoms. The number of halogens is 2. The van der Waals surface area contributed by atoms with Crippen LogP contribution >= 0.6 is 0 Å². The topological polar surface area (TPSA) is 121 Å². The predicted octanol–water partition coefficient (Wildman–Crippen LogP) is 2.72. The zero-order valence-corrected chi connectivity index (χ0v) is 17.4. The third-order valence-corrected chi connectivity index (χ3v) is 6.42. The molecule has 0 atom stereocenters. The van der Waals surface area contributed by atoms with Crippen molar-refractivity contribution in [3.63, 3.8) is 0 Å². The van der Waals surface area contributed by atoms with Crippen LogP contribution in [0.25, 0.3) is 5.52 Å². The van der Waals surface area contributed by atoms with Gasteiger partial charge in [0.1, 0.15) is 11.7 Å². The second-order valence-electron chi connectivity index (χ2n) is 8.66. The highest BCUT2D eigenvalue weighted by molar-refractivity contribution is 6.00. The van der Waals surface area contributed by atoms with Crippen LogP contribution in [0.2, 0.25) is 0 Å². The summed E-state index contributed by atoms with van der Waals surface area (Å²) in [5, 5.41) is 4.01. The van der Waals surface area contributed by atoms with Crippen molar-refractivity contribution in [1.29, 1.82) is 0 Å². The van der Waals surface area contributed by atoms with Gasteiger partial charge < -0.3 is 10.5 Å². The van der Waals surface area contributed by atoms with E-state index in [2.05, 4.69) is 14.9 Å². The molecule has 3 aromatic heterocycles. The number of alkyl halides is 2. The van der Waals surface area contributed by atoms with Crippen LogP contribution in [0.4, 0.5) is 8.78 Å². The molecule has 3 heterocycles. The molecule has 0 bridgehead atoms. The smallest absolute Gasteiger partial charge is 0.378 e. The Bertz CT molecular complexity index is 1220. The Hall–Kier alpha value is -3.60. The van der Waals surface area contributed by atoms with Crippen molar-refractivity contribution >= 4 is 17.3 Å². The number of fused-ring (bicyclic) bond motifs is 1. The third-order valence-electron chi connectivity index (χ3n) is 6.42. The number of carbonyl (C=O) groups is 2. The van der Waals surface area contributed by atoms with Crippen LogP contribution in [0.15, 0.2) is 48.9 Å². The monoisotopic (exact) mass is 457 g/mol. The number of hydrogen-bond donors (Lipinski definition) is 2. The number of hydroxylamine groups is 1. The van der Waals surface area contributed by atoms with Crippen molar-refractivity contribution in [3.8, 4) is 5.88 Å². The van der Waals surface area contributed by atoms with Crippen molar-refractivity contribution in [1.82, 2.24) is 20.1 Å². The van der Waals surface area contributed by atoms with Crippen LogP contribution in [-0.2, 0) is 4.84 Å². The first kappa shape index (κ1) is 21.3. The second kappa shape index (κ2) is 7.77. The van der Waals surface area contributed by atoms with Crippen LogP contribution in [0.1, 0.15) is 46.4 Å². The summed E-state index contributed by atoms with van der Waals surface area (Å²) in [5.74, 6) is -2.29. The van der Waals surface area contributed by atoms with Gasteiger partial charge in [-0.05, 0) is 55.4 Å². The number of nitrogens with two attached hydrogens (primary N) is 1. The SMILES string of the molecule is NC(=O)c1cccnc1OC1CC2(C1)CC(C(F)(F)ONC(=O)c1cnn3ccccc13)C2. The fourth-order valence-corrected chi connectivity index (χ4v) is 4.74. The summed E-state index contributed by atoms with van der Waals surface area (Å²) in [7, 11) is 0. The Kier molecular flexibility index (Phi) is 5.00. The molecule has 0 aromatic carbocycles. The Labute approximate surface area is 186 Å². The van der Waals surface area contributed by atoms with Crippen molar-refractivity contribution < 1.29 is 27.9 Å². The number of nitrogens with one attached hydrogen (secondary N) is 1. The van der Waals surface area contributed by atoms with E-state index < -0.39 is 23.8 Å². The lowest BCUT2D eigenvalue weighted by Gasteiger charge is -2.57. The van der Waals surface area contributed by atoms with Crippen LogP contribution in [0.5, 0.6) is 5.88 Å². The molecule has 2 fully saturated rings. The highest BCUT2D eigenvalue weighted by atomic mass is 19.3. The van der Waals surface area contributed by atoms with E-state index in [1.54, 1.807) is 30.5 Å². The average Bonchev–Trinajstić information content (AvgIpc) is 3.17. The summed E-state index contributed by atoms with van der Waals surface area (Å²) in [5.41, 5.74) is 7.75. The normalized spacial score (nSPS) is 24.2. The molecule has 2 amide bonds. The summed E-state index contributed by atoms with van der Waals surface area (Å²) in [6.07, 6.45) is 2.35. The molecule has 0 aliphatic heterocycles. The number of aromatic nitrogens is 3. The van der Waals surface area contributed by atoms with Crippen LogP contribution in [-0.4, -0.2) is 38.6 Å². The zero-order valence-electron chi connectivity index (χ0n) is 17.4. The molecule has 2 aliphatic rings. The van der Waals surface area contributed by atoms with Gasteiger partial charge >= 0.3 is 6.11 Å². The molecule has 9 nitrogen and oxygen atoms in total. The minimum Gasteiger partial charge on any atom is -0.474 e. The third kappa shape index (κ3) is 3.88. The molecule has 0 radical (unpaired) electrons. The van der Waals surface area contributed by atoms with E-state index in [0.29, 0.717) is 18.4 Å². The maximum atomic E-state index is 14.5. The van der Waals surface area contributed by atoms with Gasteiger partial charge in [-0.2, -0.15) is 13.9 Å². The Morgan fingerprint density at radius 3 is 2.70 bits per heavy atom. The number of nitrogens with zero attached hydrogens (tertiary/aromatic N) is 3. The summed E-state index contributed by atoms with van der Waals surface area (Å²) < 4.78 is 36.3. The molecule has 3 aromatic rings. The first-order valence-corrected chi connectivity index (χ1v) is 10.5. The molecule has 1 spiro atoms. The van der Waals surface area contributed by atoms with Crippen molar-refractivity contribution in [2.75, 3.05) is 0 Å². The predicted molar refractivity (Wildman–Crippen MR) is 110 cm³/mol. The minimum absolute atomic E-state index is 0.139. The average molecular weight is 457 g/mol. The minimum atomic E-state index is -3.50. The number of hydrogen-bond acceptors (Lipinski definition) is 6. The summed E-state index contributed by atoms with van der Waals surface area (Å²) >= 11 is 0. The molecule has 2 saturated carbocycles. The Morgan fingerprint density at radius 2 is 1.94 bits per heavy atom. The van der Waals surface area contributed by atoms with Gasteiger partial charge in [0, 0.05) is 12.4 Å². The van der Waals surface area contributed by atoms with Gasteiger partial charge in [-0.1, -0.05) is 6.07 Å². The maximum absolute atomic E-state index is 14.5. The number of carbonyl (C=O) groups excluding carboxylic acids is 2. The van der Waals surface area contributed by atoms with E-state index in [4.69, 9.17) is 10.5 Å². The summed E-state index contributed by atoms with van der Waals surface area (Å²) in [4.78, 5) is 32.4. The molecular formula is C22H21F2N5O4. The molecule has 172 valence electrons. The van der Waals surface area contributed by atoms with E-state index in [1.165, 1.54) is 23.0 Å². The standard InChI is InChI=1S/C22H21F2N5O4/c23-22(24,33-28-19(31)16-12-27-29-7-2-1-5-17(16)29)13-8-21(9-13)10-14(11-21)32-20-15(18(25)30)4-3-6-26-20/h1-7,12-14H,8-11H2,(H2,25,30)(H,28,31). The summed E-state index contributed by atoms with van der Waals surface area (Å²) in [6, 6.07) is 8.22. The quantitative estimate of drug-likeness (QED) is 0.527. The van der Waals surface area contributed by atoms with Gasteiger partial charge in [0.25, 0.3) is 11.8 Å². The Morgan fingerprint density at radius 1 is 1.15 bits per heavy atom. The van der Waals surface area contributed by atoms with Crippen LogP contribution < -0.4 is 16.0 Å². The van der Waals surface area contributed by atoms with Gasteiger partial charge in [0.05, 0.1) is 23.2 Å². The lowest BCUT2D eigenvalue weighted by atomic mass is 9.50. The van der Waals surface area contributed by atoms with Gasteiger partial charge in [-0.3, -0.25) is 9.59 Å². The molecule has 3 N–H and O–H groups in total. The lowest BCUT2D eigenvalue weighted by molar-refractivity contribution is -0.327. The number of ether oxygens (including phenoxy) is 1. The first-order chi connectivity index (χ1) is 15.8. The van der Waals surface area contributed by atoms with Crippen LogP contribution in [0, 0.1) is 11.3 Å². The Balaban J connectivity index is 1.12. The zero-order chi connectivity index (χ0) is 23.2. The van der Waals surface area contributed by atoms with E-state index in [-0.39, 0.29) is 41.4 Å². The fraction of sp³-hybridized carbons (Fsp3) is 0.364. The largest absolute Gasteiger partial charge is 0.474 e. The van der Waals surface area contributed by atoms with Crippen molar-refractivity contribution in [2.45, 2.75) is 37.9 Å². The molecule has 0 unspecified atom stereocenters. The molecular weight excluding hydrogens is 436 g/mol. The molecule has 11 heteroatoms. The van der Waals surface area contributed by atoms with Gasteiger partial charge in [0.2, 0.25) is 5.88 Å². The molecule has 5 rings (SSSR count). The number of rotatable bonds is 7. The first-order valence-electron chi connectivity index (χ1n) is 10.5. The number of pyridine rings is 2. The lowest BCUT2D eigenvalue weighted by Crippen LogP contribution is -2.57. The van der Waals surface area contributed by atoms with E-state index >= 15 is 0 Å². The van der Waals surface area contributed by atoms with Crippen molar-refractivity contribution in [3.05, 3.63) is 60.0 Å². The van der Waals surface area contributed by atoms with Gasteiger partial charge in [0.15, 0.2) is 0 Å². The van der Waals surface area contributed by atoms with E-state index in [0.717, 1.165) is 0 Å². The highest BCUT2D eigenvalue weighted by Gasteiger charge is 2.61.